The Morgan fingerprint density at radius 2 is 1.68 bits per heavy atom. The van der Waals surface area contributed by atoms with Crippen LogP contribution in [0.2, 0.25) is 5.02 Å². The number of hydrazine groups is 1. The molecule has 1 heterocycles. The predicted octanol–water partition coefficient (Wildman–Crippen LogP) is 4.85. The van der Waals surface area contributed by atoms with Crippen LogP contribution >= 0.6 is 11.6 Å². The van der Waals surface area contributed by atoms with Crippen molar-refractivity contribution in [3.8, 4) is 11.3 Å². The van der Waals surface area contributed by atoms with Gasteiger partial charge in [-0.15, -0.1) is 0 Å². The van der Waals surface area contributed by atoms with Gasteiger partial charge in [0.2, 0.25) is 5.95 Å². The molecular weight excluding hydrogens is 379 g/mol. The van der Waals surface area contributed by atoms with Crippen molar-refractivity contribution in [1.29, 1.82) is 0 Å². The molecule has 0 spiro atoms. The van der Waals surface area contributed by atoms with Crippen LogP contribution in [0.15, 0.2) is 72.8 Å². The number of amides is 1. The zero-order chi connectivity index (χ0) is 19.5. The maximum absolute atomic E-state index is 13.8. The Morgan fingerprint density at radius 3 is 2.46 bits per heavy atom. The van der Waals surface area contributed by atoms with Crippen molar-refractivity contribution in [3.05, 3.63) is 89.2 Å². The highest BCUT2D eigenvalue weighted by Gasteiger charge is 2.13. The van der Waals surface area contributed by atoms with Crippen LogP contribution < -0.4 is 10.9 Å². The molecule has 4 aromatic rings. The lowest BCUT2D eigenvalue weighted by Gasteiger charge is -2.12. The number of aromatic nitrogens is 2. The van der Waals surface area contributed by atoms with Gasteiger partial charge in [0.1, 0.15) is 5.82 Å². The van der Waals surface area contributed by atoms with Crippen molar-refractivity contribution in [1.82, 2.24) is 15.4 Å². The van der Waals surface area contributed by atoms with Crippen LogP contribution in [0.5, 0.6) is 0 Å². The summed E-state index contributed by atoms with van der Waals surface area (Å²) in [6.45, 7) is 0. The van der Waals surface area contributed by atoms with Crippen LogP contribution in [0, 0.1) is 5.82 Å². The molecule has 2 N–H and O–H groups in total. The molecule has 1 aromatic heterocycles. The van der Waals surface area contributed by atoms with Crippen LogP contribution in [-0.2, 0) is 0 Å². The lowest BCUT2D eigenvalue weighted by Crippen LogP contribution is -2.31. The van der Waals surface area contributed by atoms with Crippen molar-refractivity contribution in [2.75, 3.05) is 5.43 Å². The summed E-state index contributed by atoms with van der Waals surface area (Å²) >= 11 is 6.14. The second-order valence-corrected chi connectivity index (χ2v) is 6.42. The molecule has 7 heteroatoms. The van der Waals surface area contributed by atoms with Gasteiger partial charge in [0.05, 0.1) is 16.8 Å². The van der Waals surface area contributed by atoms with Crippen molar-refractivity contribution in [2.45, 2.75) is 0 Å². The van der Waals surface area contributed by atoms with E-state index in [1.807, 2.05) is 30.3 Å². The summed E-state index contributed by atoms with van der Waals surface area (Å²) in [4.78, 5) is 21.1. The van der Waals surface area contributed by atoms with Crippen molar-refractivity contribution < 1.29 is 9.18 Å². The number of halogens is 2. The van der Waals surface area contributed by atoms with E-state index < -0.39 is 11.7 Å². The van der Waals surface area contributed by atoms with Gasteiger partial charge in [-0.2, -0.15) is 0 Å². The summed E-state index contributed by atoms with van der Waals surface area (Å²) in [5, 5.41) is 1.35. The second-order valence-electron chi connectivity index (χ2n) is 5.98. The first-order valence-corrected chi connectivity index (χ1v) is 8.83. The molecule has 4 rings (SSSR count). The summed E-state index contributed by atoms with van der Waals surface area (Å²) < 4.78 is 13.8. The molecular formula is C21H14ClFN4O. The van der Waals surface area contributed by atoms with E-state index in [0.29, 0.717) is 16.2 Å². The zero-order valence-corrected chi connectivity index (χ0v) is 15.2. The molecule has 0 atom stereocenters. The Balaban J connectivity index is 1.69. The third-order valence-corrected chi connectivity index (χ3v) is 4.35. The lowest BCUT2D eigenvalue weighted by atomic mass is 10.1. The van der Waals surface area contributed by atoms with Crippen LogP contribution in [0.25, 0.3) is 22.2 Å². The van der Waals surface area contributed by atoms with Gasteiger partial charge in [0.15, 0.2) is 0 Å². The number of nitrogens with one attached hydrogen (secondary N) is 2. The van der Waals surface area contributed by atoms with E-state index >= 15 is 0 Å². The van der Waals surface area contributed by atoms with E-state index in [1.54, 1.807) is 24.3 Å². The molecule has 0 unspecified atom stereocenters. The van der Waals surface area contributed by atoms with Gasteiger partial charge in [-0.1, -0.05) is 54.1 Å². The van der Waals surface area contributed by atoms with E-state index in [9.17, 15) is 9.18 Å². The molecule has 0 radical (unpaired) electrons. The fraction of sp³-hybridized carbons (Fsp3) is 0. The molecule has 28 heavy (non-hydrogen) atoms. The number of carbonyl (C=O) groups is 1. The first-order valence-electron chi connectivity index (χ1n) is 8.45. The van der Waals surface area contributed by atoms with Crippen LogP contribution in [0.3, 0.4) is 0 Å². The third-order valence-electron chi connectivity index (χ3n) is 4.11. The minimum absolute atomic E-state index is 0.0779. The lowest BCUT2D eigenvalue weighted by molar-refractivity contribution is 0.0958. The molecule has 138 valence electrons. The van der Waals surface area contributed by atoms with Gasteiger partial charge < -0.3 is 0 Å². The monoisotopic (exact) mass is 392 g/mol. The Labute approximate surface area is 165 Å². The van der Waals surface area contributed by atoms with Crippen molar-refractivity contribution >= 4 is 34.4 Å². The minimum Gasteiger partial charge on any atom is -0.267 e. The summed E-state index contributed by atoms with van der Waals surface area (Å²) in [6.07, 6.45) is 0. The average Bonchev–Trinajstić information content (AvgIpc) is 2.72. The Kier molecular flexibility index (Phi) is 4.87. The van der Waals surface area contributed by atoms with Crippen LogP contribution in [0.4, 0.5) is 10.3 Å². The molecule has 5 nitrogen and oxygen atoms in total. The highest BCUT2D eigenvalue weighted by atomic mass is 35.5. The zero-order valence-electron chi connectivity index (χ0n) is 14.5. The molecule has 3 aromatic carbocycles. The fourth-order valence-corrected chi connectivity index (χ4v) is 2.97. The average molecular weight is 393 g/mol. The van der Waals surface area contributed by atoms with Crippen molar-refractivity contribution in [2.24, 2.45) is 0 Å². The van der Waals surface area contributed by atoms with E-state index in [2.05, 4.69) is 20.8 Å². The van der Waals surface area contributed by atoms with Gasteiger partial charge in [-0.3, -0.25) is 15.6 Å². The smallest absolute Gasteiger partial charge is 0.267 e. The summed E-state index contributed by atoms with van der Waals surface area (Å²) in [7, 11) is 0. The van der Waals surface area contributed by atoms with Gasteiger partial charge in [0, 0.05) is 16.0 Å². The first-order chi connectivity index (χ1) is 13.6. The Morgan fingerprint density at radius 1 is 0.929 bits per heavy atom. The largest absolute Gasteiger partial charge is 0.272 e. The first kappa shape index (κ1) is 17.9. The van der Waals surface area contributed by atoms with E-state index in [4.69, 9.17) is 11.6 Å². The molecule has 1 amide bonds. The molecule has 0 fully saturated rings. The maximum Gasteiger partial charge on any atom is 0.272 e. The Hall–Kier alpha value is -3.51. The number of benzene rings is 3. The van der Waals surface area contributed by atoms with Crippen LogP contribution in [0.1, 0.15) is 10.4 Å². The SMILES string of the molecule is O=C(NNc1nc(-c2ccccc2)c2cc(Cl)ccc2n1)c1ccccc1F. The number of rotatable bonds is 4. The molecule has 0 aliphatic carbocycles. The van der Waals surface area contributed by atoms with Gasteiger partial charge in [-0.05, 0) is 30.3 Å². The quantitative estimate of drug-likeness (QED) is 0.487. The highest BCUT2D eigenvalue weighted by Crippen LogP contribution is 2.29. The normalized spacial score (nSPS) is 10.6. The summed E-state index contributed by atoms with van der Waals surface area (Å²) in [5.74, 6) is -1.06. The van der Waals surface area contributed by atoms with Gasteiger partial charge in [0.25, 0.3) is 5.91 Å². The number of hydrogen-bond acceptors (Lipinski definition) is 4. The molecule has 0 saturated heterocycles. The number of nitrogens with zero attached hydrogens (tertiary/aromatic N) is 2. The predicted molar refractivity (Wildman–Crippen MR) is 107 cm³/mol. The Bertz CT molecular complexity index is 1170. The van der Waals surface area contributed by atoms with Crippen molar-refractivity contribution in [3.63, 3.8) is 0 Å². The highest BCUT2D eigenvalue weighted by molar-refractivity contribution is 6.31. The number of carbonyl (C=O) groups excluding carboxylic acids is 1. The molecule has 0 aliphatic rings. The van der Waals surface area contributed by atoms with E-state index in [1.165, 1.54) is 18.2 Å². The molecule has 0 aliphatic heterocycles. The second kappa shape index (κ2) is 7.62. The van der Waals surface area contributed by atoms with E-state index in [-0.39, 0.29) is 11.5 Å². The summed E-state index contributed by atoms with van der Waals surface area (Å²) in [6, 6.07) is 20.6. The third kappa shape index (κ3) is 3.63. The summed E-state index contributed by atoms with van der Waals surface area (Å²) in [5.41, 5.74) is 7.21. The van der Waals surface area contributed by atoms with Gasteiger partial charge >= 0.3 is 0 Å². The fourth-order valence-electron chi connectivity index (χ4n) is 2.80. The van der Waals surface area contributed by atoms with E-state index in [0.717, 1.165) is 10.9 Å². The van der Waals surface area contributed by atoms with Gasteiger partial charge in [-0.25, -0.2) is 14.4 Å². The maximum atomic E-state index is 13.8. The molecule has 0 bridgehead atoms. The minimum atomic E-state index is -0.626. The number of hydrogen-bond donors (Lipinski definition) is 2. The number of anilines is 1. The number of fused-ring (bicyclic) bond motifs is 1. The topological polar surface area (TPSA) is 66.9 Å². The van der Waals surface area contributed by atoms with Crippen LogP contribution in [-0.4, -0.2) is 15.9 Å². The molecule has 0 saturated carbocycles. The standard InChI is InChI=1S/C21H14ClFN4O/c22-14-10-11-18-16(12-14)19(13-6-2-1-3-7-13)25-21(24-18)27-26-20(28)15-8-4-5-9-17(15)23/h1-12H,(H,26,28)(H,24,25,27).